The van der Waals surface area contributed by atoms with Gasteiger partial charge in [-0.2, -0.15) is 0 Å². The van der Waals surface area contributed by atoms with Crippen molar-refractivity contribution in [3.8, 4) is 0 Å². The topological polar surface area (TPSA) is 58.2 Å². The maximum atomic E-state index is 11.7. The Morgan fingerprint density at radius 3 is 2.50 bits per heavy atom. The molecule has 2 aliphatic carbocycles. The Morgan fingerprint density at radius 1 is 1.31 bits per heavy atom. The van der Waals surface area contributed by atoms with Crippen molar-refractivity contribution in [2.45, 2.75) is 32.6 Å². The summed E-state index contributed by atoms with van der Waals surface area (Å²) in [6.07, 6.45) is 5.04. The van der Waals surface area contributed by atoms with E-state index in [1.807, 2.05) is 6.92 Å². The van der Waals surface area contributed by atoms with Crippen LogP contribution in [0.3, 0.4) is 0 Å². The Hall–Kier alpha value is -0.130. The lowest BCUT2D eigenvalue weighted by atomic mass is 10.0. The molecule has 5 heteroatoms. The number of sulfonamides is 1. The molecule has 0 saturated heterocycles. The van der Waals surface area contributed by atoms with Crippen LogP contribution in [0.2, 0.25) is 0 Å². The van der Waals surface area contributed by atoms with Crippen molar-refractivity contribution in [3.63, 3.8) is 0 Å². The monoisotopic (exact) mass is 246 g/mol. The third kappa shape index (κ3) is 3.18. The molecule has 0 spiro atoms. The highest BCUT2D eigenvalue weighted by molar-refractivity contribution is 7.89. The van der Waals surface area contributed by atoms with Gasteiger partial charge in [0, 0.05) is 13.1 Å². The van der Waals surface area contributed by atoms with Crippen LogP contribution < -0.4 is 10.0 Å². The maximum absolute atomic E-state index is 11.7. The van der Waals surface area contributed by atoms with Crippen molar-refractivity contribution in [1.29, 1.82) is 0 Å². The molecule has 0 aromatic rings. The first-order valence-corrected chi connectivity index (χ1v) is 7.91. The van der Waals surface area contributed by atoms with Crippen LogP contribution in [-0.2, 0) is 10.0 Å². The largest absolute Gasteiger partial charge is 0.316 e. The third-order valence-electron chi connectivity index (χ3n) is 3.78. The molecule has 2 fully saturated rings. The summed E-state index contributed by atoms with van der Waals surface area (Å²) in [5.41, 5.74) is 0.352. The fourth-order valence-corrected chi connectivity index (χ4v) is 3.36. The smallest absolute Gasteiger partial charge is 0.212 e. The molecule has 0 aliphatic heterocycles. The van der Waals surface area contributed by atoms with Gasteiger partial charge in [0.25, 0.3) is 0 Å². The fourth-order valence-electron chi connectivity index (χ4n) is 2.29. The van der Waals surface area contributed by atoms with Crippen molar-refractivity contribution in [1.82, 2.24) is 10.0 Å². The molecule has 0 aromatic carbocycles. The molecule has 0 radical (unpaired) electrons. The predicted molar refractivity (Wildman–Crippen MR) is 64.7 cm³/mol. The van der Waals surface area contributed by atoms with E-state index in [-0.39, 0.29) is 5.75 Å². The molecule has 2 N–H and O–H groups in total. The summed E-state index contributed by atoms with van der Waals surface area (Å²) in [5, 5.41) is 3.03. The van der Waals surface area contributed by atoms with Crippen LogP contribution >= 0.6 is 0 Å². The first kappa shape index (κ1) is 12.3. The average Bonchev–Trinajstić information content (AvgIpc) is 3.08. The zero-order valence-electron chi connectivity index (χ0n) is 9.96. The van der Waals surface area contributed by atoms with Crippen LogP contribution in [0.4, 0.5) is 0 Å². The van der Waals surface area contributed by atoms with E-state index in [0.717, 1.165) is 12.5 Å². The van der Waals surface area contributed by atoms with Gasteiger partial charge in [0.15, 0.2) is 0 Å². The van der Waals surface area contributed by atoms with Gasteiger partial charge in [-0.1, -0.05) is 6.92 Å². The van der Waals surface area contributed by atoms with Gasteiger partial charge in [-0.15, -0.1) is 0 Å². The van der Waals surface area contributed by atoms with Crippen LogP contribution in [-0.4, -0.2) is 33.8 Å². The fraction of sp³-hybridized carbons (Fsp3) is 1.00. The maximum Gasteiger partial charge on any atom is 0.212 e. The second-order valence-electron chi connectivity index (χ2n) is 5.13. The zero-order valence-corrected chi connectivity index (χ0v) is 10.8. The summed E-state index contributed by atoms with van der Waals surface area (Å²) >= 11 is 0. The molecule has 0 unspecified atom stereocenters. The highest BCUT2D eigenvalue weighted by Gasteiger charge is 2.53. The molecule has 2 saturated carbocycles. The zero-order chi connectivity index (χ0) is 11.6. The van der Waals surface area contributed by atoms with Crippen molar-refractivity contribution in [2.75, 3.05) is 25.4 Å². The molecule has 2 aliphatic rings. The highest BCUT2D eigenvalue weighted by Crippen LogP contribution is 2.60. The van der Waals surface area contributed by atoms with E-state index in [9.17, 15) is 8.42 Å². The molecule has 94 valence electrons. The molecule has 4 nitrogen and oxygen atoms in total. The van der Waals surface area contributed by atoms with Crippen LogP contribution in [0.1, 0.15) is 32.6 Å². The van der Waals surface area contributed by atoms with Crippen LogP contribution in [0.15, 0.2) is 0 Å². The Kier molecular flexibility index (Phi) is 3.56. The van der Waals surface area contributed by atoms with Gasteiger partial charge in [0.2, 0.25) is 10.0 Å². The summed E-state index contributed by atoms with van der Waals surface area (Å²) in [7, 11) is -3.07. The van der Waals surface area contributed by atoms with Gasteiger partial charge < -0.3 is 5.32 Å². The predicted octanol–water partition coefficient (Wildman–Crippen LogP) is 0.706. The van der Waals surface area contributed by atoms with Crippen LogP contribution in [0.25, 0.3) is 0 Å². The van der Waals surface area contributed by atoms with Crippen LogP contribution in [0, 0.1) is 11.3 Å². The molecular formula is C11H22N2O2S. The van der Waals surface area contributed by atoms with E-state index in [2.05, 4.69) is 10.0 Å². The summed E-state index contributed by atoms with van der Waals surface area (Å²) in [4.78, 5) is 0. The molecule has 0 bridgehead atoms. The van der Waals surface area contributed by atoms with E-state index in [1.54, 1.807) is 0 Å². The van der Waals surface area contributed by atoms with Gasteiger partial charge in [0.05, 0.1) is 5.75 Å². The van der Waals surface area contributed by atoms with Gasteiger partial charge >= 0.3 is 0 Å². The summed E-state index contributed by atoms with van der Waals surface area (Å²) in [6.45, 7) is 4.02. The minimum atomic E-state index is -3.07. The Balaban J connectivity index is 1.71. The van der Waals surface area contributed by atoms with E-state index in [1.165, 1.54) is 25.7 Å². The van der Waals surface area contributed by atoms with Gasteiger partial charge in [0.1, 0.15) is 0 Å². The van der Waals surface area contributed by atoms with Crippen molar-refractivity contribution in [3.05, 3.63) is 0 Å². The summed E-state index contributed by atoms with van der Waals surface area (Å²) < 4.78 is 26.1. The Bertz CT molecular complexity index is 332. The van der Waals surface area contributed by atoms with E-state index >= 15 is 0 Å². The third-order valence-corrected chi connectivity index (χ3v) is 5.10. The number of hydrogen-bond donors (Lipinski definition) is 2. The molecule has 0 amide bonds. The standard InChI is InChI=1S/C11H22N2O2S/c1-2-12-7-8-16(14,15)13-9-11(5-6-11)10-3-4-10/h10,12-13H,2-9H2,1H3. The lowest BCUT2D eigenvalue weighted by Crippen LogP contribution is -2.36. The molecule has 0 atom stereocenters. The summed E-state index contributed by atoms with van der Waals surface area (Å²) in [6, 6.07) is 0. The average molecular weight is 246 g/mol. The van der Waals surface area contributed by atoms with E-state index in [0.29, 0.717) is 18.5 Å². The second-order valence-corrected chi connectivity index (χ2v) is 7.06. The molecular weight excluding hydrogens is 224 g/mol. The lowest BCUT2D eigenvalue weighted by Gasteiger charge is -2.15. The van der Waals surface area contributed by atoms with Crippen molar-refractivity contribution in [2.24, 2.45) is 11.3 Å². The molecule has 2 rings (SSSR count). The first-order chi connectivity index (χ1) is 7.58. The van der Waals surface area contributed by atoms with Crippen molar-refractivity contribution >= 4 is 10.0 Å². The normalized spacial score (nSPS) is 23.3. The Morgan fingerprint density at radius 2 is 2.00 bits per heavy atom. The minimum Gasteiger partial charge on any atom is -0.316 e. The Labute approximate surface area is 98.2 Å². The van der Waals surface area contributed by atoms with E-state index in [4.69, 9.17) is 0 Å². The van der Waals surface area contributed by atoms with E-state index < -0.39 is 10.0 Å². The van der Waals surface area contributed by atoms with Gasteiger partial charge in [-0.25, -0.2) is 13.1 Å². The van der Waals surface area contributed by atoms with Gasteiger partial charge in [-0.05, 0) is 43.6 Å². The number of rotatable bonds is 8. The van der Waals surface area contributed by atoms with Gasteiger partial charge in [-0.3, -0.25) is 0 Å². The second kappa shape index (κ2) is 4.63. The highest BCUT2D eigenvalue weighted by atomic mass is 32.2. The number of nitrogens with one attached hydrogen (secondary N) is 2. The molecule has 0 heterocycles. The summed E-state index contributed by atoms with van der Waals surface area (Å²) in [5.74, 6) is 1.01. The van der Waals surface area contributed by atoms with Crippen molar-refractivity contribution < 1.29 is 8.42 Å². The first-order valence-electron chi connectivity index (χ1n) is 6.26. The lowest BCUT2D eigenvalue weighted by molar-refractivity contribution is 0.431. The van der Waals surface area contributed by atoms with Crippen LogP contribution in [0.5, 0.6) is 0 Å². The molecule has 0 aromatic heterocycles. The molecule has 16 heavy (non-hydrogen) atoms. The SMILES string of the molecule is CCNCCS(=O)(=O)NCC1(C2CC2)CC1. The number of hydrogen-bond acceptors (Lipinski definition) is 3. The quantitative estimate of drug-likeness (QED) is 0.620. The minimum absolute atomic E-state index is 0.196.